The number of hydrogen-bond donors (Lipinski definition) is 2. The van der Waals surface area contributed by atoms with Crippen LogP contribution in [0.5, 0.6) is 0 Å². The first-order valence-electron chi connectivity index (χ1n) is 9.13. The third kappa shape index (κ3) is 4.62. The number of benzene rings is 2. The van der Waals surface area contributed by atoms with Crippen molar-refractivity contribution in [3.05, 3.63) is 63.7 Å². The topological polar surface area (TPSA) is 79.9 Å². The van der Waals surface area contributed by atoms with E-state index in [4.69, 9.17) is 0 Å². The number of nitrogens with one attached hydrogen (secondary N) is 2. The van der Waals surface area contributed by atoms with Gasteiger partial charge < -0.3 is 15.1 Å². The highest BCUT2D eigenvalue weighted by Gasteiger charge is 2.24. The van der Waals surface area contributed by atoms with E-state index in [1.165, 1.54) is 16.7 Å². The molecule has 3 rings (SSSR count). The number of nitro benzene ring substituents is 1. The highest BCUT2D eigenvalue weighted by atomic mass is 16.6. The van der Waals surface area contributed by atoms with E-state index in [9.17, 15) is 14.9 Å². The molecule has 2 aromatic rings. The van der Waals surface area contributed by atoms with E-state index in [0.717, 1.165) is 37.3 Å². The minimum absolute atomic E-state index is 0.0599. The van der Waals surface area contributed by atoms with Gasteiger partial charge in [-0.05, 0) is 43.2 Å². The summed E-state index contributed by atoms with van der Waals surface area (Å²) in [4.78, 5) is 26.8. The number of piperazine rings is 1. The summed E-state index contributed by atoms with van der Waals surface area (Å²) in [5, 5.41) is 14.0. The second-order valence-corrected chi connectivity index (χ2v) is 7.01. The van der Waals surface area contributed by atoms with Gasteiger partial charge in [-0.15, -0.1) is 0 Å². The van der Waals surface area contributed by atoms with E-state index in [0.29, 0.717) is 6.54 Å². The molecule has 7 nitrogen and oxygen atoms in total. The molecule has 0 radical (unpaired) electrons. The number of carbonyl (C=O) groups is 1. The van der Waals surface area contributed by atoms with Crippen LogP contribution in [0.2, 0.25) is 0 Å². The van der Waals surface area contributed by atoms with Crippen LogP contribution in [0, 0.1) is 24.0 Å². The lowest BCUT2D eigenvalue weighted by molar-refractivity contribution is -0.892. The van der Waals surface area contributed by atoms with Gasteiger partial charge >= 0.3 is 0 Å². The smallest absolute Gasteiger partial charge is 0.293 e. The van der Waals surface area contributed by atoms with Crippen molar-refractivity contribution in [2.45, 2.75) is 13.8 Å². The summed E-state index contributed by atoms with van der Waals surface area (Å²) in [6.45, 7) is 7.50. The zero-order chi connectivity index (χ0) is 19.4. The van der Waals surface area contributed by atoms with Crippen LogP contribution in [0.4, 0.5) is 17.1 Å². The Labute approximate surface area is 158 Å². The van der Waals surface area contributed by atoms with Gasteiger partial charge in [0.1, 0.15) is 5.69 Å². The number of nitro groups is 1. The van der Waals surface area contributed by atoms with Gasteiger partial charge in [0, 0.05) is 11.8 Å². The Morgan fingerprint density at radius 2 is 1.78 bits per heavy atom. The van der Waals surface area contributed by atoms with Crippen molar-refractivity contribution < 1.29 is 14.6 Å². The summed E-state index contributed by atoms with van der Waals surface area (Å²) in [6.07, 6.45) is 0. The first kappa shape index (κ1) is 18.8. The number of aryl methyl sites for hydroxylation is 2. The maximum Gasteiger partial charge on any atom is 0.293 e. The maximum absolute atomic E-state index is 12.4. The van der Waals surface area contributed by atoms with Gasteiger partial charge in [0.15, 0.2) is 6.54 Å². The Bertz CT molecular complexity index is 831. The molecule has 0 unspecified atom stereocenters. The standard InChI is InChI=1S/C20H24N4O3/c1-15-12-18(19(24(26)27)13-16(15)2)21-20(25)14-22-8-10-23(11-9-22)17-6-4-3-5-7-17/h3-7,12-13H,8-11,14H2,1-2H3,(H,21,25)/p+1. The summed E-state index contributed by atoms with van der Waals surface area (Å²) in [7, 11) is 0. The molecule has 1 fully saturated rings. The number of anilines is 2. The summed E-state index contributed by atoms with van der Waals surface area (Å²) in [5.41, 5.74) is 3.17. The van der Waals surface area contributed by atoms with Crippen molar-refractivity contribution in [1.29, 1.82) is 0 Å². The number of hydrogen-bond acceptors (Lipinski definition) is 4. The maximum atomic E-state index is 12.4. The van der Waals surface area contributed by atoms with Gasteiger partial charge in [-0.2, -0.15) is 0 Å². The van der Waals surface area contributed by atoms with Crippen LogP contribution in [0.3, 0.4) is 0 Å². The summed E-state index contributed by atoms with van der Waals surface area (Å²) in [6, 6.07) is 13.4. The Morgan fingerprint density at radius 3 is 2.41 bits per heavy atom. The molecule has 1 saturated heterocycles. The SMILES string of the molecule is Cc1cc(NC(=O)C[NH+]2CCN(c3ccccc3)CC2)c([N+](=O)[O-])cc1C. The molecule has 0 spiro atoms. The Kier molecular flexibility index (Phi) is 5.71. The fraction of sp³-hybridized carbons (Fsp3) is 0.350. The molecule has 142 valence electrons. The van der Waals surface area contributed by atoms with Crippen LogP contribution >= 0.6 is 0 Å². The van der Waals surface area contributed by atoms with Gasteiger partial charge in [0.05, 0.1) is 31.1 Å². The number of amides is 1. The third-order valence-electron chi connectivity index (χ3n) is 5.09. The van der Waals surface area contributed by atoms with Crippen molar-refractivity contribution in [2.75, 3.05) is 42.9 Å². The first-order chi connectivity index (χ1) is 12.9. The van der Waals surface area contributed by atoms with Gasteiger partial charge in [-0.3, -0.25) is 14.9 Å². The molecule has 0 bridgehead atoms. The van der Waals surface area contributed by atoms with Crippen LogP contribution in [-0.4, -0.2) is 43.6 Å². The summed E-state index contributed by atoms with van der Waals surface area (Å²) < 4.78 is 0. The van der Waals surface area contributed by atoms with Crippen LogP contribution in [0.15, 0.2) is 42.5 Å². The van der Waals surface area contributed by atoms with Crippen molar-refractivity contribution in [3.8, 4) is 0 Å². The molecule has 1 aliphatic rings. The molecule has 0 atom stereocenters. The molecule has 2 N–H and O–H groups in total. The third-order valence-corrected chi connectivity index (χ3v) is 5.09. The number of para-hydroxylation sites is 1. The molecule has 1 amide bonds. The average Bonchev–Trinajstić information content (AvgIpc) is 2.65. The lowest BCUT2D eigenvalue weighted by Crippen LogP contribution is -3.15. The average molecular weight is 369 g/mol. The Hall–Kier alpha value is -2.93. The van der Waals surface area contributed by atoms with E-state index in [-0.39, 0.29) is 17.3 Å². The first-order valence-corrected chi connectivity index (χ1v) is 9.13. The van der Waals surface area contributed by atoms with Crippen LogP contribution in [0.1, 0.15) is 11.1 Å². The van der Waals surface area contributed by atoms with Gasteiger partial charge in [-0.25, -0.2) is 0 Å². The number of nitrogens with zero attached hydrogens (tertiary/aromatic N) is 2. The largest absolute Gasteiger partial charge is 0.360 e. The highest BCUT2D eigenvalue weighted by molar-refractivity contribution is 5.94. The van der Waals surface area contributed by atoms with E-state index < -0.39 is 4.92 Å². The van der Waals surface area contributed by atoms with Crippen LogP contribution < -0.4 is 15.1 Å². The number of quaternary nitrogens is 1. The minimum atomic E-state index is -0.451. The molecular weight excluding hydrogens is 344 g/mol. The van der Waals surface area contributed by atoms with Crippen LogP contribution in [0.25, 0.3) is 0 Å². The number of carbonyl (C=O) groups excluding carboxylic acids is 1. The second-order valence-electron chi connectivity index (χ2n) is 7.01. The normalized spacial score (nSPS) is 14.8. The monoisotopic (exact) mass is 369 g/mol. The molecule has 0 aliphatic carbocycles. The van der Waals surface area contributed by atoms with E-state index in [1.807, 2.05) is 32.0 Å². The van der Waals surface area contributed by atoms with Crippen molar-refractivity contribution in [3.63, 3.8) is 0 Å². The molecule has 0 saturated carbocycles. The van der Waals surface area contributed by atoms with E-state index >= 15 is 0 Å². The lowest BCUT2D eigenvalue weighted by atomic mass is 10.1. The fourth-order valence-electron chi connectivity index (χ4n) is 3.37. The molecular formula is C20H25N4O3+. The van der Waals surface area contributed by atoms with Crippen molar-refractivity contribution >= 4 is 23.0 Å². The van der Waals surface area contributed by atoms with Gasteiger partial charge in [0.25, 0.3) is 11.6 Å². The molecule has 1 aliphatic heterocycles. The predicted molar refractivity (Wildman–Crippen MR) is 105 cm³/mol. The fourth-order valence-corrected chi connectivity index (χ4v) is 3.37. The number of rotatable bonds is 5. The van der Waals surface area contributed by atoms with E-state index in [2.05, 4.69) is 22.3 Å². The zero-order valence-electron chi connectivity index (χ0n) is 15.7. The Balaban J connectivity index is 1.58. The van der Waals surface area contributed by atoms with Crippen LogP contribution in [-0.2, 0) is 4.79 Å². The molecule has 0 aromatic heterocycles. The minimum Gasteiger partial charge on any atom is -0.360 e. The van der Waals surface area contributed by atoms with Crippen molar-refractivity contribution in [2.24, 2.45) is 0 Å². The molecule has 2 aromatic carbocycles. The lowest BCUT2D eigenvalue weighted by Gasteiger charge is -2.33. The van der Waals surface area contributed by atoms with Gasteiger partial charge in [0.2, 0.25) is 0 Å². The molecule has 27 heavy (non-hydrogen) atoms. The quantitative estimate of drug-likeness (QED) is 0.619. The summed E-state index contributed by atoms with van der Waals surface area (Å²) in [5.74, 6) is -0.190. The molecule has 7 heteroatoms. The van der Waals surface area contributed by atoms with Crippen molar-refractivity contribution in [1.82, 2.24) is 0 Å². The molecule has 1 heterocycles. The highest BCUT2D eigenvalue weighted by Crippen LogP contribution is 2.27. The van der Waals surface area contributed by atoms with E-state index in [1.54, 1.807) is 6.07 Å². The zero-order valence-corrected chi connectivity index (χ0v) is 15.7. The Morgan fingerprint density at radius 1 is 1.15 bits per heavy atom. The summed E-state index contributed by atoms with van der Waals surface area (Å²) >= 11 is 0. The second kappa shape index (κ2) is 8.18. The van der Waals surface area contributed by atoms with Gasteiger partial charge in [-0.1, -0.05) is 18.2 Å². The predicted octanol–water partition coefficient (Wildman–Crippen LogP) is 1.56.